The van der Waals surface area contributed by atoms with Crippen molar-refractivity contribution >= 4 is 0 Å². The van der Waals surface area contributed by atoms with Crippen molar-refractivity contribution in [2.24, 2.45) is 0 Å². The Morgan fingerprint density at radius 3 is 0.604 bits per heavy atom. The molecule has 0 amide bonds. The van der Waals surface area contributed by atoms with E-state index in [1.165, 1.54) is 89.0 Å². The Morgan fingerprint density at radius 1 is 0.146 bits per heavy atom. The van der Waals surface area contributed by atoms with Gasteiger partial charge in [-0.25, -0.2) is 0 Å². The van der Waals surface area contributed by atoms with Crippen LogP contribution in [0.5, 0.6) is 0 Å². The fourth-order valence-corrected chi connectivity index (χ4v) is 7.69. The van der Waals surface area contributed by atoms with Crippen molar-refractivity contribution in [2.45, 2.75) is 0 Å². The molecule has 0 N–H and O–H groups in total. The molecule has 0 saturated heterocycles. The topological polar surface area (TPSA) is 0 Å². The van der Waals surface area contributed by atoms with Gasteiger partial charge < -0.3 is 0 Å². The van der Waals surface area contributed by atoms with Crippen LogP contribution in [0.15, 0.2) is 194 Å². The first-order chi connectivity index (χ1) is 23.9. The average molecular weight is 609 g/mol. The molecule has 0 aromatic heterocycles. The van der Waals surface area contributed by atoms with E-state index in [0.29, 0.717) is 0 Å². The summed E-state index contributed by atoms with van der Waals surface area (Å²) in [6, 6.07) is 70.9. The van der Waals surface area contributed by atoms with Gasteiger partial charge in [0.05, 0.1) is 0 Å². The SMILES string of the molecule is c1ccc(-c2c(-c3ccccc3)c(-c3ccccc3)c3c(c2-c2ccccc2)-c2ccccc2-c2ccccc2-c2ccccc2-3)cc1. The lowest BCUT2D eigenvalue weighted by atomic mass is 9.71. The van der Waals surface area contributed by atoms with Crippen LogP contribution in [-0.4, -0.2) is 0 Å². The molecule has 0 unspecified atom stereocenters. The second kappa shape index (κ2) is 11.8. The normalized spacial score (nSPS) is 11.3. The van der Waals surface area contributed by atoms with E-state index in [2.05, 4.69) is 194 Å². The van der Waals surface area contributed by atoms with E-state index in [1.54, 1.807) is 0 Å². The highest BCUT2D eigenvalue weighted by Crippen LogP contribution is 2.59. The summed E-state index contributed by atoms with van der Waals surface area (Å²) >= 11 is 0. The zero-order valence-electron chi connectivity index (χ0n) is 26.5. The third kappa shape index (κ3) is 4.54. The molecule has 8 aromatic rings. The second-order valence-electron chi connectivity index (χ2n) is 12.4. The number of hydrogen-bond donors (Lipinski definition) is 0. The van der Waals surface area contributed by atoms with Crippen LogP contribution in [0.4, 0.5) is 0 Å². The summed E-state index contributed by atoms with van der Waals surface area (Å²) in [7, 11) is 0. The minimum atomic E-state index is 1.20. The summed E-state index contributed by atoms with van der Waals surface area (Å²) in [4.78, 5) is 0. The number of rotatable bonds is 4. The van der Waals surface area contributed by atoms with Crippen LogP contribution in [-0.2, 0) is 0 Å². The van der Waals surface area contributed by atoms with Gasteiger partial charge in [0.25, 0.3) is 0 Å². The highest BCUT2D eigenvalue weighted by Gasteiger charge is 2.32. The summed E-state index contributed by atoms with van der Waals surface area (Å²) in [6.07, 6.45) is 0. The van der Waals surface area contributed by atoms with Gasteiger partial charge in [-0.2, -0.15) is 0 Å². The molecule has 0 aliphatic heterocycles. The Morgan fingerprint density at radius 2 is 0.333 bits per heavy atom. The van der Waals surface area contributed by atoms with Gasteiger partial charge >= 0.3 is 0 Å². The monoisotopic (exact) mass is 608 g/mol. The predicted molar refractivity (Wildman–Crippen MR) is 203 cm³/mol. The summed E-state index contributed by atoms with van der Waals surface area (Å²) in [6.45, 7) is 0. The molecule has 1 aliphatic carbocycles. The number of fused-ring (bicyclic) bond motifs is 8. The maximum absolute atomic E-state index is 2.33. The van der Waals surface area contributed by atoms with E-state index in [0.717, 1.165) is 0 Å². The molecule has 0 atom stereocenters. The third-order valence-electron chi connectivity index (χ3n) is 9.65. The summed E-state index contributed by atoms with van der Waals surface area (Å²) < 4.78 is 0. The zero-order chi connectivity index (χ0) is 31.9. The summed E-state index contributed by atoms with van der Waals surface area (Å²) in [5.74, 6) is 0. The lowest BCUT2D eigenvalue weighted by molar-refractivity contribution is 1.49. The van der Waals surface area contributed by atoms with Crippen LogP contribution in [0.1, 0.15) is 0 Å². The molecular weight excluding hydrogens is 577 g/mol. The van der Waals surface area contributed by atoms with Crippen LogP contribution in [0.25, 0.3) is 89.0 Å². The molecule has 0 radical (unpaired) electrons. The molecule has 0 heteroatoms. The Labute approximate surface area is 282 Å². The molecule has 8 aromatic carbocycles. The highest BCUT2D eigenvalue weighted by molar-refractivity contribution is 6.18. The van der Waals surface area contributed by atoms with Crippen LogP contribution >= 0.6 is 0 Å². The van der Waals surface area contributed by atoms with Gasteiger partial charge in [-0.05, 0) is 89.0 Å². The van der Waals surface area contributed by atoms with E-state index in [1.807, 2.05) is 0 Å². The van der Waals surface area contributed by atoms with E-state index < -0.39 is 0 Å². The molecule has 0 bridgehead atoms. The molecule has 1 aliphatic rings. The molecule has 0 heterocycles. The smallest absolute Gasteiger partial charge is 0.000741 e. The first-order valence-electron chi connectivity index (χ1n) is 16.6. The number of benzene rings is 8. The van der Waals surface area contributed by atoms with Gasteiger partial charge in [0.2, 0.25) is 0 Å². The minimum absolute atomic E-state index is 1.20. The largest absolute Gasteiger partial charge is 0.0622 e. The Bertz CT molecular complexity index is 2230. The first-order valence-corrected chi connectivity index (χ1v) is 16.6. The zero-order valence-corrected chi connectivity index (χ0v) is 26.5. The second-order valence-corrected chi connectivity index (χ2v) is 12.4. The average Bonchev–Trinajstić information content (AvgIpc) is 3.17. The molecular formula is C48H32. The molecule has 0 spiro atoms. The first kappa shape index (κ1) is 28.0. The lowest BCUT2D eigenvalue weighted by Crippen LogP contribution is -2.05. The van der Waals surface area contributed by atoms with Gasteiger partial charge in [-0.1, -0.05) is 194 Å². The third-order valence-corrected chi connectivity index (χ3v) is 9.65. The Kier molecular flexibility index (Phi) is 6.91. The standard InChI is InChI=1S/C48H32/c1-5-19-33(20-6-1)43-44(34-21-7-2-8-22-34)46(36-25-11-4-12-26-36)48-42-32-18-16-30-40(42)38-28-14-13-27-37(38)39-29-15-17-31-41(39)47(48)45(43)35-23-9-3-10-24-35/h1-32H. The quantitative estimate of drug-likeness (QED) is 0.186. The summed E-state index contributed by atoms with van der Waals surface area (Å²) in [5.41, 5.74) is 19.8. The number of hydrogen-bond acceptors (Lipinski definition) is 0. The van der Waals surface area contributed by atoms with E-state index in [9.17, 15) is 0 Å². The highest BCUT2D eigenvalue weighted by atomic mass is 14.3. The molecule has 0 saturated carbocycles. The lowest BCUT2D eigenvalue weighted by Gasteiger charge is -2.31. The van der Waals surface area contributed by atoms with E-state index in [-0.39, 0.29) is 0 Å². The van der Waals surface area contributed by atoms with Crippen LogP contribution in [0.3, 0.4) is 0 Å². The fourth-order valence-electron chi connectivity index (χ4n) is 7.69. The molecule has 0 fully saturated rings. The van der Waals surface area contributed by atoms with Crippen molar-refractivity contribution in [2.75, 3.05) is 0 Å². The van der Waals surface area contributed by atoms with Crippen molar-refractivity contribution in [3.8, 4) is 89.0 Å². The van der Waals surface area contributed by atoms with Gasteiger partial charge in [0.1, 0.15) is 0 Å². The van der Waals surface area contributed by atoms with Crippen molar-refractivity contribution in [1.82, 2.24) is 0 Å². The van der Waals surface area contributed by atoms with Crippen molar-refractivity contribution in [3.63, 3.8) is 0 Å². The molecule has 224 valence electrons. The molecule has 48 heavy (non-hydrogen) atoms. The van der Waals surface area contributed by atoms with Crippen LogP contribution < -0.4 is 0 Å². The van der Waals surface area contributed by atoms with Gasteiger partial charge in [-0.3, -0.25) is 0 Å². The molecule has 0 nitrogen and oxygen atoms in total. The maximum Gasteiger partial charge on any atom is -0.000741 e. The maximum atomic E-state index is 2.33. The van der Waals surface area contributed by atoms with Crippen LogP contribution in [0, 0.1) is 0 Å². The van der Waals surface area contributed by atoms with Crippen molar-refractivity contribution in [1.29, 1.82) is 0 Å². The fraction of sp³-hybridized carbons (Fsp3) is 0. The van der Waals surface area contributed by atoms with Crippen molar-refractivity contribution in [3.05, 3.63) is 194 Å². The van der Waals surface area contributed by atoms with Gasteiger partial charge in [-0.15, -0.1) is 0 Å². The van der Waals surface area contributed by atoms with E-state index in [4.69, 9.17) is 0 Å². The summed E-state index contributed by atoms with van der Waals surface area (Å²) in [5, 5.41) is 0. The van der Waals surface area contributed by atoms with Crippen molar-refractivity contribution < 1.29 is 0 Å². The minimum Gasteiger partial charge on any atom is -0.0622 e. The van der Waals surface area contributed by atoms with Gasteiger partial charge in [0, 0.05) is 0 Å². The Balaban J connectivity index is 1.63. The molecule has 9 rings (SSSR count). The Hall–Kier alpha value is -6.24. The van der Waals surface area contributed by atoms with Crippen LogP contribution in [0.2, 0.25) is 0 Å². The van der Waals surface area contributed by atoms with Gasteiger partial charge in [0.15, 0.2) is 0 Å². The predicted octanol–water partition coefficient (Wildman–Crippen LogP) is 13.3. The van der Waals surface area contributed by atoms with E-state index >= 15 is 0 Å².